The Morgan fingerprint density at radius 1 is 1.44 bits per heavy atom. The van der Waals surface area contributed by atoms with Gasteiger partial charge in [-0.25, -0.2) is 0 Å². The molecular weight excluding hydrogens is 214 g/mol. The highest BCUT2D eigenvalue weighted by Gasteiger charge is 2.12. The molecule has 90 valence electrons. The monoisotopic (exact) mass is 237 g/mol. The molecule has 1 heterocycles. The van der Waals surface area contributed by atoms with E-state index >= 15 is 0 Å². The summed E-state index contributed by atoms with van der Waals surface area (Å²) in [6.45, 7) is 5.95. The summed E-state index contributed by atoms with van der Waals surface area (Å²) in [6, 6.07) is 2.76. The van der Waals surface area contributed by atoms with Crippen LogP contribution in [0.5, 0.6) is 0 Å². The van der Waals surface area contributed by atoms with Gasteiger partial charge in [-0.3, -0.25) is 0 Å². The van der Waals surface area contributed by atoms with Crippen LogP contribution in [0.4, 0.5) is 0 Å². The van der Waals surface area contributed by atoms with Crippen LogP contribution in [-0.2, 0) is 0 Å². The number of hydrogen-bond acceptors (Lipinski definition) is 2. The SMILES string of the molecule is C=CCCCCCC(NC)c1sccc1C. The maximum Gasteiger partial charge on any atom is 0.0415 e. The number of nitrogens with one attached hydrogen (secondary N) is 1. The Morgan fingerprint density at radius 3 is 2.81 bits per heavy atom. The van der Waals surface area contributed by atoms with E-state index in [2.05, 4.69) is 37.3 Å². The standard InChI is InChI=1S/C14H23NS/c1-4-5-6-7-8-9-13(15-3)14-12(2)10-11-16-14/h4,10-11,13,15H,1,5-9H2,2-3H3. The third kappa shape index (κ3) is 4.11. The molecule has 1 atom stereocenters. The first kappa shape index (κ1) is 13.5. The molecule has 0 fully saturated rings. The zero-order chi connectivity index (χ0) is 11.8. The molecule has 0 saturated carbocycles. The minimum absolute atomic E-state index is 0.545. The normalized spacial score (nSPS) is 12.6. The van der Waals surface area contributed by atoms with Gasteiger partial charge in [0.1, 0.15) is 0 Å². The number of thiophene rings is 1. The van der Waals surface area contributed by atoms with Gasteiger partial charge in [0.15, 0.2) is 0 Å². The van der Waals surface area contributed by atoms with E-state index in [1.165, 1.54) is 36.1 Å². The second kappa shape index (κ2) is 7.64. The molecule has 1 aromatic heterocycles. The molecule has 0 amide bonds. The summed E-state index contributed by atoms with van der Waals surface area (Å²) in [5.74, 6) is 0. The summed E-state index contributed by atoms with van der Waals surface area (Å²) in [6.07, 6.45) is 8.31. The lowest BCUT2D eigenvalue weighted by molar-refractivity contribution is 0.513. The van der Waals surface area contributed by atoms with Gasteiger partial charge >= 0.3 is 0 Å². The molecular formula is C14H23NS. The summed E-state index contributed by atoms with van der Waals surface area (Å²) >= 11 is 1.87. The summed E-state index contributed by atoms with van der Waals surface area (Å²) in [4.78, 5) is 1.51. The van der Waals surface area contributed by atoms with Gasteiger partial charge in [-0.2, -0.15) is 0 Å². The van der Waals surface area contributed by atoms with Crippen LogP contribution in [0.25, 0.3) is 0 Å². The number of rotatable bonds is 8. The Kier molecular flexibility index (Phi) is 6.43. The molecule has 1 unspecified atom stereocenters. The molecule has 0 aliphatic rings. The largest absolute Gasteiger partial charge is 0.312 e. The van der Waals surface area contributed by atoms with Gasteiger partial charge in [-0.15, -0.1) is 17.9 Å². The van der Waals surface area contributed by atoms with E-state index in [1.54, 1.807) is 0 Å². The maximum atomic E-state index is 3.75. The minimum Gasteiger partial charge on any atom is -0.312 e. The van der Waals surface area contributed by atoms with Crippen LogP contribution >= 0.6 is 11.3 Å². The topological polar surface area (TPSA) is 12.0 Å². The number of unbranched alkanes of at least 4 members (excludes halogenated alkanes) is 3. The number of aryl methyl sites for hydroxylation is 1. The third-order valence-electron chi connectivity index (χ3n) is 2.97. The Bertz CT molecular complexity index is 303. The van der Waals surface area contributed by atoms with Crippen molar-refractivity contribution in [3.8, 4) is 0 Å². The molecule has 1 rings (SSSR count). The van der Waals surface area contributed by atoms with Crippen molar-refractivity contribution in [2.24, 2.45) is 0 Å². The lowest BCUT2D eigenvalue weighted by Crippen LogP contribution is -2.15. The van der Waals surface area contributed by atoms with Crippen molar-refractivity contribution < 1.29 is 0 Å². The first-order chi connectivity index (χ1) is 7.79. The van der Waals surface area contributed by atoms with Crippen LogP contribution in [0.1, 0.15) is 48.6 Å². The number of allylic oxidation sites excluding steroid dienone is 1. The van der Waals surface area contributed by atoms with Crippen LogP contribution < -0.4 is 5.32 Å². The van der Waals surface area contributed by atoms with Crippen LogP contribution in [0.3, 0.4) is 0 Å². The lowest BCUT2D eigenvalue weighted by Gasteiger charge is -2.15. The van der Waals surface area contributed by atoms with Crippen LogP contribution in [0.2, 0.25) is 0 Å². The van der Waals surface area contributed by atoms with E-state index in [1.807, 2.05) is 17.4 Å². The fraction of sp³-hybridized carbons (Fsp3) is 0.571. The summed E-state index contributed by atoms with van der Waals surface area (Å²) in [7, 11) is 2.06. The molecule has 1 nitrogen and oxygen atoms in total. The van der Waals surface area contributed by atoms with E-state index in [0.717, 1.165) is 6.42 Å². The molecule has 0 aliphatic carbocycles. The molecule has 16 heavy (non-hydrogen) atoms. The summed E-state index contributed by atoms with van der Waals surface area (Å²) < 4.78 is 0. The van der Waals surface area contributed by atoms with Gasteiger partial charge in [0, 0.05) is 10.9 Å². The predicted octanol–water partition coefficient (Wildman–Crippen LogP) is 4.45. The predicted molar refractivity (Wildman–Crippen MR) is 74.1 cm³/mol. The van der Waals surface area contributed by atoms with E-state index < -0.39 is 0 Å². The zero-order valence-corrected chi connectivity index (χ0v) is 11.3. The lowest BCUT2D eigenvalue weighted by atomic mass is 10.0. The number of hydrogen-bond donors (Lipinski definition) is 1. The Hall–Kier alpha value is -0.600. The third-order valence-corrected chi connectivity index (χ3v) is 4.10. The van der Waals surface area contributed by atoms with Crippen LogP contribution in [0.15, 0.2) is 24.1 Å². The molecule has 0 aliphatic heterocycles. The van der Waals surface area contributed by atoms with Gasteiger partial charge in [0.25, 0.3) is 0 Å². The molecule has 0 spiro atoms. The molecule has 2 heteroatoms. The highest BCUT2D eigenvalue weighted by molar-refractivity contribution is 7.10. The average molecular weight is 237 g/mol. The van der Waals surface area contributed by atoms with Crippen LogP contribution in [-0.4, -0.2) is 7.05 Å². The van der Waals surface area contributed by atoms with Gasteiger partial charge in [0.2, 0.25) is 0 Å². The first-order valence-corrected chi connectivity index (χ1v) is 6.99. The molecule has 0 radical (unpaired) electrons. The first-order valence-electron chi connectivity index (χ1n) is 6.11. The highest BCUT2D eigenvalue weighted by atomic mass is 32.1. The van der Waals surface area contributed by atoms with E-state index in [0.29, 0.717) is 6.04 Å². The van der Waals surface area contributed by atoms with E-state index in [-0.39, 0.29) is 0 Å². The van der Waals surface area contributed by atoms with Gasteiger partial charge in [-0.05, 0) is 50.2 Å². The quantitative estimate of drug-likeness (QED) is 0.520. The molecule has 0 saturated heterocycles. The summed E-state index contributed by atoms with van der Waals surface area (Å²) in [5.41, 5.74) is 1.43. The summed E-state index contributed by atoms with van der Waals surface area (Å²) in [5, 5.41) is 5.61. The van der Waals surface area contributed by atoms with Gasteiger partial charge in [0.05, 0.1) is 0 Å². The molecule has 1 aromatic rings. The van der Waals surface area contributed by atoms with Crippen molar-refractivity contribution in [2.45, 2.75) is 45.1 Å². The van der Waals surface area contributed by atoms with Crippen molar-refractivity contribution in [1.29, 1.82) is 0 Å². The fourth-order valence-corrected chi connectivity index (χ4v) is 3.03. The van der Waals surface area contributed by atoms with E-state index in [4.69, 9.17) is 0 Å². The van der Waals surface area contributed by atoms with Crippen LogP contribution in [0, 0.1) is 6.92 Å². The second-order valence-corrected chi connectivity index (χ2v) is 5.18. The maximum absolute atomic E-state index is 3.75. The molecule has 0 aromatic carbocycles. The smallest absolute Gasteiger partial charge is 0.0415 e. The van der Waals surface area contributed by atoms with E-state index in [9.17, 15) is 0 Å². The Labute approximate surface area is 104 Å². The fourth-order valence-electron chi connectivity index (χ4n) is 1.96. The average Bonchev–Trinajstić information content (AvgIpc) is 2.70. The second-order valence-electron chi connectivity index (χ2n) is 4.24. The van der Waals surface area contributed by atoms with Crippen molar-refractivity contribution in [2.75, 3.05) is 7.05 Å². The minimum atomic E-state index is 0.545. The van der Waals surface area contributed by atoms with Crippen molar-refractivity contribution >= 4 is 11.3 Å². The van der Waals surface area contributed by atoms with Crippen molar-refractivity contribution in [3.63, 3.8) is 0 Å². The molecule has 1 N–H and O–H groups in total. The van der Waals surface area contributed by atoms with Crippen molar-refractivity contribution in [3.05, 3.63) is 34.5 Å². The Balaban J connectivity index is 2.33. The Morgan fingerprint density at radius 2 is 2.25 bits per heavy atom. The highest BCUT2D eigenvalue weighted by Crippen LogP contribution is 2.27. The van der Waals surface area contributed by atoms with Gasteiger partial charge in [-0.1, -0.05) is 18.9 Å². The molecule has 0 bridgehead atoms. The zero-order valence-electron chi connectivity index (χ0n) is 10.5. The van der Waals surface area contributed by atoms with Crippen molar-refractivity contribution in [1.82, 2.24) is 5.32 Å². The van der Waals surface area contributed by atoms with Gasteiger partial charge < -0.3 is 5.32 Å².